The zero-order valence-electron chi connectivity index (χ0n) is 11.8. The van der Waals surface area contributed by atoms with Crippen molar-refractivity contribution in [2.24, 2.45) is 0 Å². The molecule has 3 nitrogen and oxygen atoms in total. The third kappa shape index (κ3) is 3.65. The Morgan fingerprint density at radius 3 is 1.72 bits per heavy atom. The minimum absolute atomic E-state index is 0.151. The first-order valence-corrected chi connectivity index (χ1v) is 8.47. The zero-order valence-corrected chi connectivity index (χ0v) is 12.8. The summed E-state index contributed by atoms with van der Waals surface area (Å²) >= 11 is 0. The molecule has 0 spiro atoms. The lowest BCUT2D eigenvalue weighted by atomic mass is 10.2. The standard InChI is InChI=1S/C14H24O3Si/c1-5-15-18(16-6-2,17-7-3)13(4)14-11-9-8-10-12-14/h8-13H,5-7H2,1-4H3. The van der Waals surface area contributed by atoms with E-state index in [-0.39, 0.29) is 5.54 Å². The maximum Gasteiger partial charge on any atom is 0.508 e. The molecule has 0 N–H and O–H groups in total. The Morgan fingerprint density at radius 1 is 0.889 bits per heavy atom. The Balaban J connectivity index is 2.99. The summed E-state index contributed by atoms with van der Waals surface area (Å²) in [4.78, 5) is 0. The van der Waals surface area contributed by atoms with Gasteiger partial charge in [0.25, 0.3) is 0 Å². The molecule has 18 heavy (non-hydrogen) atoms. The first-order valence-electron chi connectivity index (χ1n) is 6.67. The number of benzene rings is 1. The summed E-state index contributed by atoms with van der Waals surface area (Å²) in [7, 11) is -2.64. The van der Waals surface area contributed by atoms with Crippen molar-refractivity contribution in [3.8, 4) is 0 Å². The van der Waals surface area contributed by atoms with Crippen molar-refractivity contribution >= 4 is 8.80 Å². The number of rotatable bonds is 8. The molecule has 0 saturated carbocycles. The molecule has 0 amide bonds. The van der Waals surface area contributed by atoms with Crippen LogP contribution in [0.2, 0.25) is 0 Å². The van der Waals surface area contributed by atoms with Gasteiger partial charge < -0.3 is 13.3 Å². The summed E-state index contributed by atoms with van der Waals surface area (Å²) in [6.45, 7) is 9.92. The van der Waals surface area contributed by atoms with Gasteiger partial charge in [0.2, 0.25) is 0 Å². The van der Waals surface area contributed by atoms with Gasteiger partial charge >= 0.3 is 8.80 Å². The van der Waals surface area contributed by atoms with E-state index in [2.05, 4.69) is 19.1 Å². The first kappa shape index (κ1) is 15.4. The molecule has 0 heterocycles. The highest BCUT2D eigenvalue weighted by atomic mass is 28.4. The third-order valence-corrected chi connectivity index (χ3v) is 6.33. The van der Waals surface area contributed by atoms with E-state index in [0.717, 1.165) is 0 Å². The van der Waals surface area contributed by atoms with Crippen molar-refractivity contribution in [1.29, 1.82) is 0 Å². The number of hydrogen-bond donors (Lipinski definition) is 0. The number of hydrogen-bond acceptors (Lipinski definition) is 3. The molecule has 0 saturated heterocycles. The second-order valence-corrected chi connectivity index (χ2v) is 6.97. The molecular weight excluding hydrogens is 244 g/mol. The topological polar surface area (TPSA) is 27.7 Å². The van der Waals surface area contributed by atoms with Crippen LogP contribution in [0.5, 0.6) is 0 Å². The molecule has 0 fully saturated rings. The van der Waals surface area contributed by atoms with E-state index in [1.54, 1.807) is 0 Å². The van der Waals surface area contributed by atoms with Gasteiger partial charge in [-0.15, -0.1) is 0 Å². The molecular formula is C14H24O3Si. The van der Waals surface area contributed by atoms with Gasteiger partial charge in [-0.05, 0) is 26.3 Å². The van der Waals surface area contributed by atoms with Crippen LogP contribution in [0.15, 0.2) is 30.3 Å². The summed E-state index contributed by atoms with van der Waals surface area (Å²) in [6.07, 6.45) is 0. The quantitative estimate of drug-likeness (QED) is 0.677. The molecule has 0 aromatic heterocycles. The smallest absolute Gasteiger partial charge is 0.373 e. The van der Waals surface area contributed by atoms with Gasteiger partial charge in [0.05, 0.1) is 5.54 Å². The van der Waals surface area contributed by atoms with E-state index in [1.807, 2.05) is 39.0 Å². The van der Waals surface area contributed by atoms with Gasteiger partial charge in [0, 0.05) is 19.8 Å². The van der Waals surface area contributed by atoms with E-state index in [4.69, 9.17) is 13.3 Å². The van der Waals surface area contributed by atoms with Crippen molar-refractivity contribution in [3.05, 3.63) is 35.9 Å². The molecule has 0 aliphatic heterocycles. The summed E-state index contributed by atoms with van der Waals surface area (Å²) < 4.78 is 17.8. The van der Waals surface area contributed by atoms with Crippen molar-refractivity contribution in [2.75, 3.05) is 19.8 Å². The summed E-state index contributed by atoms with van der Waals surface area (Å²) in [5.74, 6) is 0. The van der Waals surface area contributed by atoms with Crippen molar-refractivity contribution in [2.45, 2.75) is 33.2 Å². The fourth-order valence-electron chi connectivity index (χ4n) is 2.05. The van der Waals surface area contributed by atoms with Crippen LogP contribution in [0.4, 0.5) is 0 Å². The summed E-state index contributed by atoms with van der Waals surface area (Å²) in [5.41, 5.74) is 1.36. The highest BCUT2D eigenvalue weighted by Crippen LogP contribution is 2.29. The molecule has 0 aliphatic carbocycles. The van der Waals surface area contributed by atoms with E-state index >= 15 is 0 Å². The van der Waals surface area contributed by atoms with E-state index in [1.165, 1.54) is 5.56 Å². The second-order valence-electron chi connectivity index (χ2n) is 4.03. The highest BCUT2D eigenvalue weighted by molar-refractivity contribution is 6.62. The normalized spacial score (nSPS) is 13.6. The highest BCUT2D eigenvalue weighted by Gasteiger charge is 2.47. The first-order chi connectivity index (χ1) is 8.70. The minimum Gasteiger partial charge on any atom is -0.373 e. The van der Waals surface area contributed by atoms with Crippen LogP contribution in [-0.2, 0) is 13.3 Å². The molecule has 1 aromatic rings. The Bertz CT molecular complexity index is 312. The van der Waals surface area contributed by atoms with Gasteiger partial charge in [-0.3, -0.25) is 0 Å². The SMILES string of the molecule is CCO[Si](OCC)(OCC)C(C)c1ccccc1. The Kier molecular flexibility index (Phi) is 6.57. The molecule has 0 radical (unpaired) electrons. The van der Waals surface area contributed by atoms with Crippen LogP contribution < -0.4 is 0 Å². The van der Waals surface area contributed by atoms with E-state index < -0.39 is 8.80 Å². The minimum atomic E-state index is -2.64. The van der Waals surface area contributed by atoms with Gasteiger partial charge in [-0.2, -0.15) is 0 Å². The fraction of sp³-hybridized carbons (Fsp3) is 0.571. The second kappa shape index (κ2) is 7.69. The molecule has 1 atom stereocenters. The molecule has 0 aliphatic rings. The molecule has 1 aromatic carbocycles. The maximum absolute atomic E-state index is 5.92. The van der Waals surface area contributed by atoms with Crippen LogP contribution in [0, 0.1) is 0 Å². The van der Waals surface area contributed by atoms with E-state index in [0.29, 0.717) is 19.8 Å². The van der Waals surface area contributed by atoms with Gasteiger partial charge in [-0.25, -0.2) is 0 Å². The maximum atomic E-state index is 5.92. The van der Waals surface area contributed by atoms with Gasteiger partial charge in [0.1, 0.15) is 0 Å². The fourth-order valence-corrected chi connectivity index (χ4v) is 4.86. The largest absolute Gasteiger partial charge is 0.508 e. The summed E-state index contributed by atoms with van der Waals surface area (Å²) in [5, 5.41) is 0. The molecule has 102 valence electrons. The zero-order chi connectivity index (χ0) is 13.4. The summed E-state index contributed by atoms with van der Waals surface area (Å²) in [6, 6.07) is 10.3. The lowest BCUT2D eigenvalue weighted by Gasteiger charge is -2.33. The predicted octanol–water partition coefficient (Wildman–Crippen LogP) is 3.38. The molecule has 4 heteroatoms. The average Bonchev–Trinajstić information content (AvgIpc) is 2.39. The molecule has 1 unspecified atom stereocenters. The predicted molar refractivity (Wildman–Crippen MR) is 75.5 cm³/mol. The Hall–Kier alpha value is -0.683. The lowest BCUT2D eigenvalue weighted by molar-refractivity contribution is 0.0633. The lowest BCUT2D eigenvalue weighted by Crippen LogP contribution is -2.51. The molecule has 0 bridgehead atoms. The Labute approximate surface area is 111 Å². The van der Waals surface area contributed by atoms with Crippen LogP contribution in [0.1, 0.15) is 38.8 Å². The van der Waals surface area contributed by atoms with Crippen LogP contribution in [-0.4, -0.2) is 28.6 Å². The van der Waals surface area contributed by atoms with Crippen LogP contribution in [0.25, 0.3) is 0 Å². The van der Waals surface area contributed by atoms with Crippen LogP contribution >= 0.6 is 0 Å². The molecule has 1 rings (SSSR count). The van der Waals surface area contributed by atoms with Gasteiger partial charge in [0.15, 0.2) is 0 Å². The van der Waals surface area contributed by atoms with Crippen LogP contribution in [0.3, 0.4) is 0 Å². The van der Waals surface area contributed by atoms with Crippen molar-refractivity contribution in [3.63, 3.8) is 0 Å². The average molecular weight is 268 g/mol. The monoisotopic (exact) mass is 268 g/mol. The van der Waals surface area contributed by atoms with E-state index in [9.17, 15) is 0 Å². The van der Waals surface area contributed by atoms with Gasteiger partial charge in [-0.1, -0.05) is 37.3 Å². The van der Waals surface area contributed by atoms with Crippen molar-refractivity contribution in [1.82, 2.24) is 0 Å². The van der Waals surface area contributed by atoms with Crippen molar-refractivity contribution < 1.29 is 13.3 Å². The third-order valence-electron chi connectivity index (χ3n) is 2.87. The Morgan fingerprint density at radius 2 is 1.33 bits per heavy atom.